The van der Waals surface area contributed by atoms with Crippen molar-refractivity contribution in [3.05, 3.63) is 47.5 Å². The Labute approximate surface area is 130 Å². The van der Waals surface area contributed by atoms with Gasteiger partial charge in [-0.1, -0.05) is 30.3 Å². The quantitative estimate of drug-likeness (QED) is 0.942. The van der Waals surface area contributed by atoms with Crippen LogP contribution in [-0.4, -0.2) is 42.1 Å². The number of anilines is 1. The van der Waals surface area contributed by atoms with Crippen molar-refractivity contribution in [1.82, 2.24) is 9.88 Å². The Morgan fingerprint density at radius 1 is 1.14 bits per heavy atom. The summed E-state index contributed by atoms with van der Waals surface area (Å²) >= 11 is 1.71. The van der Waals surface area contributed by atoms with Crippen LogP contribution in [0.2, 0.25) is 0 Å². The molecule has 2 heterocycles. The molecule has 112 valence electrons. The van der Waals surface area contributed by atoms with Crippen molar-refractivity contribution in [2.24, 2.45) is 5.73 Å². The molecule has 1 saturated heterocycles. The first-order valence-electron chi connectivity index (χ1n) is 7.45. The van der Waals surface area contributed by atoms with Gasteiger partial charge in [-0.25, -0.2) is 4.98 Å². The highest BCUT2D eigenvalue weighted by atomic mass is 32.1. The molecule has 0 bridgehead atoms. The van der Waals surface area contributed by atoms with E-state index in [1.165, 1.54) is 5.56 Å². The topological polar surface area (TPSA) is 45.4 Å². The highest BCUT2D eigenvalue weighted by Crippen LogP contribution is 2.26. The number of aromatic nitrogens is 1. The Balaban J connectivity index is 1.69. The molecule has 0 saturated carbocycles. The van der Waals surface area contributed by atoms with Crippen LogP contribution < -0.4 is 10.6 Å². The summed E-state index contributed by atoms with van der Waals surface area (Å²) in [7, 11) is 0. The smallest absolute Gasteiger partial charge is 0.185 e. The third-order valence-electron chi connectivity index (χ3n) is 4.04. The van der Waals surface area contributed by atoms with E-state index in [-0.39, 0.29) is 6.04 Å². The molecule has 4 nitrogen and oxygen atoms in total. The summed E-state index contributed by atoms with van der Waals surface area (Å²) in [6.07, 6.45) is 1.88. The predicted molar refractivity (Wildman–Crippen MR) is 88.7 cm³/mol. The number of benzene rings is 1. The van der Waals surface area contributed by atoms with Crippen molar-refractivity contribution in [2.45, 2.75) is 19.0 Å². The highest BCUT2D eigenvalue weighted by Gasteiger charge is 2.28. The summed E-state index contributed by atoms with van der Waals surface area (Å²) < 4.78 is 0. The molecular weight excluding hydrogens is 280 g/mol. The second-order valence-corrected chi connectivity index (χ2v) is 6.43. The van der Waals surface area contributed by atoms with Gasteiger partial charge in [0.25, 0.3) is 0 Å². The summed E-state index contributed by atoms with van der Waals surface area (Å²) in [5, 5.41) is 3.17. The first-order valence-corrected chi connectivity index (χ1v) is 8.32. The number of nitrogens with zero attached hydrogens (tertiary/aromatic N) is 3. The lowest BCUT2D eigenvalue weighted by Crippen LogP contribution is -2.51. The lowest BCUT2D eigenvalue weighted by molar-refractivity contribution is 0.166. The van der Waals surface area contributed by atoms with Gasteiger partial charge < -0.3 is 10.6 Å². The molecule has 21 heavy (non-hydrogen) atoms. The molecule has 3 rings (SSSR count). The maximum atomic E-state index is 6.26. The number of hydrogen-bond donors (Lipinski definition) is 1. The summed E-state index contributed by atoms with van der Waals surface area (Å²) in [5.41, 5.74) is 7.58. The minimum Gasteiger partial charge on any atom is -0.346 e. The molecule has 1 aromatic carbocycles. The lowest BCUT2D eigenvalue weighted by Gasteiger charge is -2.41. The van der Waals surface area contributed by atoms with Gasteiger partial charge in [-0.2, -0.15) is 0 Å². The number of thiazole rings is 1. The van der Waals surface area contributed by atoms with Crippen LogP contribution in [0.25, 0.3) is 0 Å². The molecule has 0 spiro atoms. The first kappa shape index (κ1) is 14.5. The van der Waals surface area contributed by atoms with Gasteiger partial charge in [0.15, 0.2) is 5.13 Å². The van der Waals surface area contributed by atoms with Gasteiger partial charge in [-0.05, 0) is 12.5 Å². The second-order valence-electron chi connectivity index (χ2n) is 5.55. The number of piperazine rings is 1. The van der Waals surface area contributed by atoms with Gasteiger partial charge in [0, 0.05) is 49.8 Å². The van der Waals surface area contributed by atoms with Crippen molar-refractivity contribution >= 4 is 16.5 Å². The second kappa shape index (κ2) is 6.56. The third-order valence-corrected chi connectivity index (χ3v) is 4.87. The zero-order chi connectivity index (χ0) is 14.7. The lowest BCUT2D eigenvalue weighted by atomic mass is 9.98. The van der Waals surface area contributed by atoms with Gasteiger partial charge >= 0.3 is 0 Å². The standard InChI is InChI=1S/C16H22N4S/c1-13(17)15(14-5-3-2-4-6-14)19-8-10-20(11-9-19)16-18-7-12-21-16/h2-7,12-13,15H,8-11,17H2,1H3. The number of nitrogens with two attached hydrogens (primary N) is 1. The van der Waals surface area contributed by atoms with Crippen molar-refractivity contribution in [3.8, 4) is 0 Å². The molecule has 2 atom stereocenters. The zero-order valence-corrected chi connectivity index (χ0v) is 13.2. The molecule has 0 radical (unpaired) electrons. The van der Waals surface area contributed by atoms with Crippen LogP contribution in [0.3, 0.4) is 0 Å². The van der Waals surface area contributed by atoms with E-state index >= 15 is 0 Å². The van der Waals surface area contributed by atoms with Gasteiger partial charge in [-0.15, -0.1) is 11.3 Å². The Bertz CT molecular complexity index is 533. The van der Waals surface area contributed by atoms with E-state index in [0.29, 0.717) is 6.04 Å². The molecule has 2 aromatic rings. The Morgan fingerprint density at radius 3 is 2.43 bits per heavy atom. The van der Waals surface area contributed by atoms with E-state index in [4.69, 9.17) is 5.73 Å². The molecule has 5 heteroatoms. The van der Waals surface area contributed by atoms with Crippen molar-refractivity contribution in [1.29, 1.82) is 0 Å². The molecule has 1 aliphatic rings. The van der Waals surface area contributed by atoms with E-state index in [2.05, 4.69) is 52.0 Å². The number of rotatable bonds is 4. The third kappa shape index (κ3) is 3.26. The van der Waals surface area contributed by atoms with Crippen LogP contribution in [0.5, 0.6) is 0 Å². The van der Waals surface area contributed by atoms with Crippen molar-refractivity contribution in [3.63, 3.8) is 0 Å². The summed E-state index contributed by atoms with van der Waals surface area (Å²) in [6.45, 7) is 6.19. The Kier molecular flexibility index (Phi) is 4.53. The fraction of sp³-hybridized carbons (Fsp3) is 0.438. The summed E-state index contributed by atoms with van der Waals surface area (Å²) in [4.78, 5) is 9.27. The monoisotopic (exact) mass is 302 g/mol. The van der Waals surface area contributed by atoms with Gasteiger partial charge in [-0.3, -0.25) is 4.90 Å². The average Bonchev–Trinajstić information content (AvgIpc) is 3.03. The fourth-order valence-electron chi connectivity index (χ4n) is 3.06. The van der Waals surface area contributed by atoms with Crippen LogP contribution in [0.4, 0.5) is 5.13 Å². The van der Waals surface area contributed by atoms with Gasteiger partial charge in [0.1, 0.15) is 0 Å². The van der Waals surface area contributed by atoms with Crippen LogP contribution in [-0.2, 0) is 0 Å². The van der Waals surface area contributed by atoms with Crippen molar-refractivity contribution < 1.29 is 0 Å². The normalized spacial score (nSPS) is 19.4. The zero-order valence-electron chi connectivity index (χ0n) is 12.4. The van der Waals surface area contributed by atoms with E-state index in [9.17, 15) is 0 Å². The fourth-order valence-corrected chi connectivity index (χ4v) is 3.76. The van der Waals surface area contributed by atoms with Crippen LogP contribution in [0, 0.1) is 0 Å². The van der Waals surface area contributed by atoms with Gasteiger partial charge in [0.2, 0.25) is 0 Å². The molecule has 0 amide bonds. The van der Waals surface area contributed by atoms with E-state index in [1.54, 1.807) is 11.3 Å². The predicted octanol–water partition coefficient (Wildman–Crippen LogP) is 2.35. The SMILES string of the molecule is CC(N)C(c1ccccc1)N1CCN(c2nccs2)CC1. The van der Waals surface area contributed by atoms with Crippen LogP contribution in [0.1, 0.15) is 18.5 Å². The van der Waals surface area contributed by atoms with E-state index < -0.39 is 0 Å². The molecule has 1 fully saturated rings. The van der Waals surface area contributed by atoms with Crippen LogP contribution >= 0.6 is 11.3 Å². The maximum absolute atomic E-state index is 6.26. The van der Waals surface area contributed by atoms with Gasteiger partial charge in [0.05, 0.1) is 0 Å². The first-order chi connectivity index (χ1) is 10.3. The highest BCUT2D eigenvalue weighted by molar-refractivity contribution is 7.13. The minimum atomic E-state index is 0.124. The molecule has 0 aliphatic carbocycles. The van der Waals surface area contributed by atoms with E-state index in [0.717, 1.165) is 31.3 Å². The summed E-state index contributed by atoms with van der Waals surface area (Å²) in [6, 6.07) is 11.0. The van der Waals surface area contributed by atoms with E-state index in [1.807, 2.05) is 11.6 Å². The average molecular weight is 302 g/mol. The Hall–Kier alpha value is -1.43. The molecule has 1 aromatic heterocycles. The number of hydrogen-bond acceptors (Lipinski definition) is 5. The maximum Gasteiger partial charge on any atom is 0.185 e. The Morgan fingerprint density at radius 2 is 1.86 bits per heavy atom. The summed E-state index contributed by atoms with van der Waals surface area (Å²) in [5.74, 6) is 0. The molecular formula is C16H22N4S. The van der Waals surface area contributed by atoms with Crippen molar-refractivity contribution in [2.75, 3.05) is 31.1 Å². The molecule has 1 aliphatic heterocycles. The van der Waals surface area contributed by atoms with Crippen LogP contribution in [0.15, 0.2) is 41.9 Å². The largest absolute Gasteiger partial charge is 0.346 e. The molecule has 2 N–H and O–H groups in total. The molecule has 2 unspecified atom stereocenters. The minimum absolute atomic E-state index is 0.124.